The van der Waals surface area contributed by atoms with E-state index in [1.807, 2.05) is 65.2 Å². The third-order valence-electron chi connectivity index (χ3n) is 6.11. The summed E-state index contributed by atoms with van der Waals surface area (Å²) in [5.74, 6) is -0.391. The van der Waals surface area contributed by atoms with E-state index in [1.165, 1.54) is 10.4 Å². The number of hydrogen-bond donors (Lipinski definition) is 1. The zero-order chi connectivity index (χ0) is 21.5. The Morgan fingerprint density at radius 1 is 1.13 bits per heavy atom. The van der Waals surface area contributed by atoms with Gasteiger partial charge in [-0.15, -0.1) is 11.3 Å². The molecule has 1 aliphatic heterocycles. The van der Waals surface area contributed by atoms with Crippen LogP contribution < -0.4 is 5.73 Å². The van der Waals surface area contributed by atoms with Gasteiger partial charge in [0, 0.05) is 41.1 Å². The molecule has 31 heavy (non-hydrogen) atoms. The van der Waals surface area contributed by atoms with E-state index in [0.29, 0.717) is 18.5 Å². The summed E-state index contributed by atoms with van der Waals surface area (Å²) in [6, 6.07) is 17.5. The molecule has 4 aromatic rings. The molecule has 1 atom stereocenters. The van der Waals surface area contributed by atoms with Gasteiger partial charge in [-0.2, -0.15) is 0 Å². The largest absolute Gasteiger partial charge is 0.366 e. The number of aromatic nitrogens is 1. The van der Waals surface area contributed by atoms with Gasteiger partial charge < -0.3 is 15.2 Å². The fourth-order valence-electron chi connectivity index (χ4n) is 4.57. The maximum atomic E-state index is 13.8. The van der Waals surface area contributed by atoms with Crippen LogP contribution in [-0.4, -0.2) is 27.8 Å². The molecular formula is C25H23N3O2S. The molecule has 5 rings (SSSR count). The van der Waals surface area contributed by atoms with E-state index in [4.69, 9.17) is 5.73 Å². The van der Waals surface area contributed by atoms with Gasteiger partial charge in [0.05, 0.1) is 11.6 Å². The van der Waals surface area contributed by atoms with E-state index in [9.17, 15) is 9.59 Å². The van der Waals surface area contributed by atoms with Crippen LogP contribution in [0.25, 0.3) is 10.9 Å². The molecule has 0 radical (unpaired) electrons. The number of primary amides is 1. The predicted octanol–water partition coefficient (Wildman–Crippen LogP) is 4.32. The molecule has 5 nitrogen and oxygen atoms in total. The molecule has 2 aromatic heterocycles. The fourth-order valence-corrected chi connectivity index (χ4v) is 5.64. The first-order valence-corrected chi connectivity index (χ1v) is 11.2. The zero-order valence-electron chi connectivity index (χ0n) is 17.2. The van der Waals surface area contributed by atoms with E-state index in [1.54, 1.807) is 17.4 Å². The van der Waals surface area contributed by atoms with Gasteiger partial charge in [-0.3, -0.25) is 9.59 Å². The van der Waals surface area contributed by atoms with E-state index < -0.39 is 5.91 Å². The standard InChI is InChI=1S/C25H23N3O2S/c1-27-15-20(19-7-2-3-8-21(19)27)25(30)28-11-9-17-10-12-31-23(17)22(28)14-16-5-4-6-18(13-16)24(26)29/h2-8,10,12-13,15,22H,9,11,14H2,1H3,(H2,26,29). The molecule has 0 bridgehead atoms. The highest BCUT2D eigenvalue weighted by Crippen LogP contribution is 2.38. The number of para-hydroxylation sites is 1. The van der Waals surface area contributed by atoms with Crippen LogP contribution in [0.5, 0.6) is 0 Å². The minimum atomic E-state index is -0.439. The van der Waals surface area contributed by atoms with Crippen LogP contribution >= 0.6 is 11.3 Å². The van der Waals surface area contributed by atoms with Gasteiger partial charge in [-0.25, -0.2) is 0 Å². The van der Waals surface area contributed by atoms with Crippen molar-refractivity contribution >= 4 is 34.1 Å². The molecule has 0 fully saturated rings. The lowest BCUT2D eigenvalue weighted by atomic mass is 9.94. The van der Waals surface area contributed by atoms with Gasteiger partial charge >= 0.3 is 0 Å². The number of nitrogens with two attached hydrogens (primary N) is 1. The first kappa shape index (κ1) is 19.6. The molecule has 2 N–H and O–H groups in total. The lowest BCUT2D eigenvalue weighted by molar-refractivity contribution is 0.0666. The number of benzene rings is 2. The second-order valence-corrected chi connectivity index (χ2v) is 8.96. The van der Waals surface area contributed by atoms with Crippen molar-refractivity contribution in [3.8, 4) is 0 Å². The lowest BCUT2D eigenvalue weighted by Crippen LogP contribution is -2.40. The molecule has 156 valence electrons. The average Bonchev–Trinajstić information content (AvgIpc) is 3.39. The normalized spacial score (nSPS) is 15.8. The summed E-state index contributed by atoms with van der Waals surface area (Å²) in [4.78, 5) is 28.6. The number of rotatable bonds is 4. The molecular weight excluding hydrogens is 406 g/mol. The molecule has 0 aliphatic carbocycles. The first-order chi connectivity index (χ1) is 15.0. The average molecular weight is 430 g/mol. The highest BCUT2D eigenvalue weighted by Gasteiger charge is 2.33. The SMILES string of the molecule is Cn1cc(C(=O)N2CCc3ccsc3C2Cc2cccc(C(N)=O)c2)c2ccccc21. The van der Waals surface area contributed by atoms with Gasteiger partial charge in [0.2, 0.25) is 5.91 Å². The molecule has 0 saturated carbocycles. The molecule has 2 amide bonds. The van der Waals surface area contributed by atoms with Crippen molar-refractivity contribution in [2.24, 2.45) is 12.8 Å². The van der Waals surface area contributed by atoms with Crippen molar-refractivity contribution in [3.63, 3.8) is 0 Å². The summed E-state index contributed by atoms with van der Waals surface area (Å²) in [5.41, 5.74) is 10.1. The zero-order valence-corrected chi connectivity index (χ0v) is 18.1. The van der Waals surface area contributed by atoms with Crippen LogP contribution in [0.1, 0.15) is 42.8 Å². The number of carbonyl (C=O) groups is 2. The Morgan fingerprint density at radius 2 is 1.97 bits per heavy atom. The molecule has 0 spiro atoms. The minimum Gasteiger partial charge on any atom is -0.366 e. The predicted molar refractivity (Wildman–Crippen MR) is 123 cm³/mol. The van der Waals surface area contributed by atoms with Crippen molar-refractivity contribution < 1.29 is 9.59 Å². The van der Waals surface area contributed by atoms with E-state index in [-0.39, 0.29) is 11.9 Å². The quantitative estimate of drug-likeness (QED) is 0.525. The smallest absolute Gasteiger partial charge is 0.256 e. The molecule has 6 heteroatoms. The summed E-state index contributed by atoms with van der Waals surface area (Å²) in [6.45, 7) is 0.673. The molecule has 1 aliphatic rings. The number of amides is 2. The fraction of sp³-hybridized carbons (Fsp3) is 0.200. The van der Waals surface area contributed by atoms with Crippen molar-refractivity contribution in [3.05, 3.63) is 93.3 Å². The number of thiophene rings is 1. The van der Waals surface area contributed by atoms with Crippen LogP contribution in [0, 0.1) is 0 Å². The number of nitrogens with zero attached hydrogens (tertiary/aromatic N) is 2. The number of carbonyl (C=O) groups excluding carboxylic acids is 2. The maximum absolute atomic E-state index is 13.8. The van der Waals surface area contributed by atoms with Crippen LogP contribution in [0.15, 0.2) is 66.2 Å². The first-order valence-electron chi connectivity index (χ1n) is 10.3. The monoisotopic (exact) mass is 429 g/mol. The Morgan fingerprint density at radius 3 is 2.81 bits per heavy atom. The van der Waals surface area contributed by atoms with Gasteiger partial charge in [-0.1, -0.05) is 30.3 Å². The Kier molecular flexibility index (Phi) is 4.87. The van der Waals surface area contributed by atoms with Crippen molar-refractivity contribution in [1.29, 1.82) is 0 Å². The number of hydrogen-bond acceptors (Lipinski definition) is 3. The van der Waals surface area contributed by atoms with E-state index in [2.05, 4.69) is 11.4 Å². The summed E-state index contributed by atoms with van der Waals surface area (Å²) in [5, 5.41) is 3.07. The molecule has 3 heterocycles. The third-order valence-corrected chi connectivity index (χ3v) is 7.17. The summed E-state index contributed by atoms with van der Waals surface area (Å²) >= 11 is 1.70. The Labute approximate surface area is 184 Å². The Bertz CT molecular complexity index is 1300. The summed E-state index contributed by atoms with van der Waals surface area (Å²) in [6.07, 6.45) is 3.43. The maximum Gasteiger partial charge on any atom is 0.256 e. The van der Waals surface area contributed by atoms with Crippen molar-refractivity contribution in [2.75, 3.05) is 6.54 Å². The van der Waals surface area contributed by atoms with Gasteiger partial charge in [0.15, 0.2) is 0 Å². The topological polar surface area (TPSA) is 68.3 Å². The number of aryl methyl sites for hydroxylation is 1. The summed E-state index contributed by atoms with van der Waals surface area (Å²) < 4.78 is 2.01. The minimum absolute atomic E-state index is 0.0481. The van der Waals surface area contributed by atoms with Crippen molar-refractivity contribution in [2.45, 2.75) is 18.9 Å². The van der Waals surface area contributed by atoms with Crippen LogP contribution in [0.3, 0.4) is 0 Å². The number of fused-ring (bicyclic) bond motifs is 2. The van der Waals surface area contributed by atoms with Crippen LogP contribution in [0.4, 0.5) is 0 Å². The molecule has 1 unspecified atom stereocenters. The molecule has 2 aromatic carbocycles. The summed E-state index contributed by atoms with van der Waals surface area (Å²) in [7, 11) is 1.97. The van der Waals surface area contributed by atoms with Gasteiger partial charge in [0.1, 0.15) is 0 Å². The molecule has 0 saturated heterocycles. The van der Waals surface area contributed by atoms with Crippen LogP contribution in [-0.2, 0) is 19.9 Å². The Hall–Kier alpha value is -3.38. The third kappa shape index (κ3) is 3.43. The Balaban J connectivity index is 1.54. The van der Waals surface area contributed by atoms with E-state index >= 15 is 0 Å². The van der Waals surface area contributed by atoms with Crippen LogP contribution in [0.2, 0.25) is 0 Å². The van der Waals surface area contributed by atoms with Gasteiger partial charge in [0.25, 0.3) is 5.91 Å². The highest BCUT2D eigenvalue weighted by molar-refractivity contribution is 7.10. The second kappa shape index (κ2) is 7.71. The van der Waals surface area contributed by atoms with Gasteiger partial charge in [-0.05, 0) is 53.6 Å². The van der Waals surface area contributed by atoms with E-state index in [0.717, 1.165) is 28.5 Å². The van der Waals surface area contributed by atoms with Crippen molar-refractivity contribution in [1.82, 2.24) is 9.47 Å². The lowest BCUT2D eigenvalue weighted by Gasteiger charge is -2.36. The highest BCUT2D eigenvalue weighted by atomic mass is 32.1. The second-order valence-electron chi connectivity index (χ2n) is 8.01.